The summed E-state index contributed by atoms with van der Waals surface area (Å²) < 4.78 is 34.7. The highest BCUT2D eigenvalue weighted by molar-refractivity contribution is 7.92. The number of imidazole rings is 1. The molecule has 0 aliphatic rings. The number of hydrogen-bond acceptors (Lipinski definition) is 6. The van der Waals surface area contributed by atoms with Gasteiger partial charge in [0.25, 0.3) is 10.0 Å². The van der Waals surface area contributed by atoms with Crippen molar-refractivity contribution in [2.45, 2.75) is 4.90 Å². The first-order valence-corrected chi connectivity index (χ1v) is 9.75. The van der Waals surface area contributed by atoms with Crippen LogP contribution in [0.25, 0.3) is 5.82 Å². The average Bonchev–Trinajstić information content (AvgIpc) is 3.25. The number of nitrogens with one attached hydrogen (secondary N) is 1. The van der Waals surface area contributed by atoms with Crippen LogP contribution in [0.4, 0.5) is 5.69 Å². The quantitative estimate of drug-likeness (QED) is 0.540. The predicted molar refractivity (Wildman–Crippen MR) is 103 cm³/mol. The monoisotopic (exact) mass is 393 g/mol. The van der Waals surface area contributed by atoms with Gasteiger partial charge in [0, 0.05) is 24.1 Å². The normalized spacial score (nSPS) is 11.1. The number of aromatic nitrogens is 4. The molecule has 0 saturated carbocycles. The van der Waals surface area contributed by atoms with E-state index < -0.39 is 10.0 Å². The molecule has 4 rings (SSSR count). The Balaban J connectivity index is 1.48. The molecule has 2 aromatic carbocycles. The van der Waals surface area contributed by atoms with Crippen molar-refractivity contribution in [2.24, 2.45) is 0 Å². The molecule has 0 spiro atoms. The van der Waals surface area contributed by atoms with E-state index in [1.54, 1.807) is 71.8 Å². The van der Waals surface area contributed by atoms with Crippen LogP contribution in [-0.4, -0.2) is 27.9 Å². The summed E-state index contributed by atoms with van der Waals surface area (Å²) >= 11 is 0. The summed E-state index contributed by atoms with van der Waals surface area (Å²) in [6.45, 7) is 0. The summed E-state index contributed by atoms with van der Waals surface area (Å²) in [6, 6.07) is 16.4. The molecule has 1 N–H and O–H groups in total. The van der Waals surface area contributed by atoms with Crippen molar-refractivity contribution in [1.29, 1.82) is 0 Å². The van der Waals surface area contributed by atoms with E-state index in [1.807, 2.05) is 0 Å². The second-order valence-electron chi connectivity index (χ2n) is 5.73. The van der Waals surface area contributed by atoms with Gasteiger partial charge in [0.2, 0.25) is 5.88 Å². The molecular formula is C19H15N5O3S. The molecule has 0 fully saturated rings. The third-order valence-corrected chi connectivity index (χ3v) is 5.18. The van der Waals surface area contributed by atoms with Gasteiger partial charge in [-0.25, -0.2) is 23.4 Å². The smallest absolute Gasteiger partial charge is 0.261 e. The van der Waals surface area contributed by atoms with Crippen molar-refractivity contribution in [3.05, 3.63) is 85.7 Å². The molecule has 140 valence electrons. The van der Waals surface area contributed by atoms with Gasteiger partial charge in [-0.05, 0) is 36.4 Å². The van der Waals surface area contributed by atoms with Crippen LogP contribution < -0.4 is 9.46 Å². The zero-order valence-corrected chi connectivity index (χ0v) is 15.3. The Kier molecular flexibility index (Phi) is 4.73. The zero-order chi connectivity index (χ0) is 19.4. The Labute approximate surface area is 161 Å². The first kappa shape index (κ1) is 17.7. The second kappa shape index (κ2) is 7.49. The molecule has 0 aliphatic heterocycles. The van der Waals surface area contributed by atoms with Gasteiger partial charge >= 0.3 is 0 Å². The van der Waals surface area contributed by atoms with Gasteiger partial charge in [-0.1, -0.05) is 18.2 Å². The molecule has 0 atom stereocenters. The topological polar surface area (TPSA) is 99.0 Å². The lowest BCUT2D eigenvalue weighted by atomic mass is 10.3. The zero-order valence-electron chi connectivity index (χ0n) is 14.5. The first-order valence-electron chi connectivity index (χ1n) is 8.26. The molecule has 0 bridgehead atoms. The number of hydrogen-bond donors (Lipinski definition) is 1. The summed E-state index contributed by atoms with van der Waals surface area (Å²) in [5, 5.41) is 0. The van der Waals surface area contributed by atoms with E-state index in [2.05, 4.69) is 19.7 Å². The van der Waals surface area contributed by atoms with E-state index in [-0.39, 0.29) is 4.90 Å². The van der Waals surface area contributed by atoms with E-state index in [0.717, 1.165) is 0 Å². The third kappa shape index (κ3) is 3.99. The minimum atomic E-state index is -3.64. The second-order valence-corrected chi connectivity index (χ2v) is 7.41. The molecule has 2 heterocycles. The molecule has 0 aliphatic carbocycles. The van der Waals surface area contributed by atoms with Crippen LogP contribution in [0.15, 0.2) is 90.6 Å². The van der Waals surface area contributed by atoms with Crippen LogP contribution in [0, 0.1) is 0 Å². The number of anilines is 1. The fraction of sp³-hybridized carbons (Fsp3) is 0. The Morgan fingerprint density at radius 3 is 2.46 bits per heavy atom. The van der Waals surface area contributed by atoms with Gasteiger partial charge in [0.15, 0.2) is 0 Å². The lowest BCUT2D eigenvalue weighted by molar-refractivity contribution is 0.461. The fourth-order valence-corrected chi connectivity index (χ4v) is 3.53. The lowest BCUT2D eigenvalue weighted by Crippen LogP contribution is -2.12. The molecule has 4 aromatic rings. The maximum atomic E-state index is 12.4. The summed E-state index contributed by atoms with van der Waals surface area (Å²) in [7, 11) is -3.64. The minimum Gasteiger partial charge on any atom is -0.439 e. The van der Waals surface area contributed by atoms with Crippen molar-refractivity contribution >= 4 is 15.7 Å². The maximum Gasteiger partial charge on any atom is 0.261 e. The van der Waals surface area contributed by atoms with Crippen molar-refractivity contribution in [3.8, 4) is 17.4 Å². The van der Waals surface area contributed by atoms with Crippen molar-refractivity contribution < 1.29 is 13.2 Å². The molecule has 0 saturated heterocycles. The van der Waals surface area contributed by atoms with Crippen LogP contribution in [0.1, 0.15) is 0 Å². The van der Waals surface area contributed by atoms with E-state index in [9.17, 15) is 8.42 Å². The van der Waals surface area contributed by atoms with E-state index >= 15 is 0 Å². The standard InChI is InChI=1S/C19H15N5O3S/c25-28(26,17-4-2-1-3-5-17)23-15-6-8-16(9-7-15)27-19-12-18(21-13-22-19)24-11-10-20-14-24/h1-14,23H. The van der Waals surface area contributed by atoms with E-state index in [1.165, 1.54) is 18.5 Å². The Morgan fingerprint density at radius 2 is 1.75 bits per heavy atom. The molecule has 28 heavy (non-hydrogen) atoms. The molecule has 0 amide bonds. The highest BCUT2D eigenvalue weighted by atomic mass is 32.2. The first-order chi connectivity index (χ1) is 13.6. The Hall–Kier alpha value is -3.72. The van der Waals surface area contributed by atoms with Crippen molar-refractivity contribution in [1.82, 2.24) is 19.5 Å². The molecule has 2 aromatic heterocycles. The van der Waals surface area contributed by atoms with Gasteiger partial charge in [0.05, 0.1) is 4.90 Å². The van der Waals surface area contributed by atoms with E-state index in [4.69, 9.17) is 4.74 Å². The lowest BCUT2D eigenvalue weighted by Gasteiger charge is -2.10. The van der Waals surface area contributed by atoms with Crippen LogP contribution in [-0.2, 0) is 10.0 Å². The van der Waals surface area contributed by atoms with Crippen LogP contribution >= 0.6 is 0 Å². The Bertz CT molecular complexity index is 1160. The number of sulfonamides is 1. The highest BCUT2D eigenvalue weighted by Gasteiger charge is 2.13. The van der Waals surface area contributed by atoms with Gasteiger partial charge in [0.1, 0.15) is 24.2 Å². The van der Waals surface area contributed by atoms with Crippen LogP contribution in [0.2, 0.25) is 0 Å². The van der Waals surface area contributed by atoms with E-state index in [0.29, 0.717) is 23.1 Å². The summed E-state index contributed by atoms with van der Waals surface area (Å²) in [6.07, 6.45) is 6.43. The fourth-order valence-electron chi connectivity index (χ4n) is 2.45. The van der Waals surface area contributed by atoms with Crippen LogP contribution in [0.3, 0.4) is 0 Å². The molecule has 0 radical (unpaired) electrons. The maximum absolute atomic E-state index is 12.4. The molecule has 8 nitrogen and oxygen atoms in total. The van der Waals surface area contributed by atoms with Gasteiger partial charge in [-0.3, -0.25) is 9.29 Å². The number of nitrogens with zero attached hydrogens (tertiary/aromatic N) is 4. The predicted octanol–water partition coefficient (Wildman–Crippen LogP) is 3.26. The van der Waals surface area contributed by atoms with Gasteiger partial charge in [-0.15, -0.1) is 0 Å². The van der Waals surface area contributed by atoms with Crippen molar-refractivity contribution in [3.63, 3.8) is 0 Å². The van der Waals surface area contributed by atoms with Gasteiger partial charge < -0.3 is 4.74 Å². The number of rotatable bonds is 6. The molecule has 9 heteroatoms. The summed E-state index contributed by atoms with van der Waals surface area (Å²) in [5.41, 5.74) is 0.429. The highest BCUT2D eigenvalue weighted by Crippen LogP contribution is 2.23. The average molecular weight is 393 g/mol. The van der Waals surface area contributed by atoms with Crippen molar-refractivity contribution in [2.75, 3.05) is 4.72 Å². The van der Waals surface area contributed by atoms with Gasteiger partial charge in [-0.2, -0.15) is 0 Å². The molecular weight excluding hydrogens is 378 g/mol. The number of benzene rings is 2. The molecule has 0 unspecified atom stereocenters. The SMILES string of the molecule is O=S(=O)(Nc1ccc(Oc2cc(-n3ccnc3)ncn2)cc1)c1ccccc1. The van der Waals surface area contributed by atoms with Crippen LogP contribution in [0.5, 0.6) is 11.6 Å². The third-order valence-electron chi connectivity index (χ3n) is 3.78. The largest absolute Gasteiger partial charge is 0.439 e. The minimum absolute atomic E-state index is 0.198. The Morgan fingerprint density at radius 1 is 0.964 bits per heavy atom. The summed E-state index contributed by atoms with van der Waals surface area (Å²) in [4.78, 5) is 12.4. The number of ether oxygens (including phenoxy) is 1. The summed E-state index contributed by atoms with van der Waals surface area (Å²) in [5.74, 6) is 1.49.